The Labute approximate surface area is 148 Å². The van der Waals surface area contributed by atoms with Gasteiger partial charge in [0.25, 0.3) is 0 Å². The Morgan fingerprint density at radius 1 is 1.16 bits per heavy atom. The Morgan fingerprint density at radius 2 is 1.84 bits per heavy atom. The highest BCUT2D eigenvalue weighted by Crippen LogP contribution is 2.27. The van der Waals surface area contributed by atoms with Crippen molar-refractivity contribution in [2.24, 2.45) is 5.92 Å². The van der Waals surface area contributed by atoms with E-state index >= 15 is 0 Å². The Bertz CT molecular complexity index is 634. The second-order valence-electron chi connectivity index (χ2n) is 7.19. The van der Waals surface area contributed by atoms with Gasteiger partial charge in [0.1, 0.15) is 6.61 Å². The number of rotatable bonds is 4. The van der Waals surface area contributed by atoms with Gasteiger partial charge in [0, 0.05) is 44.9 Å². The zero-order chi connectivity index (χ0) is 18.0. The third kappa shape index (κ3) is 3.86. The number of carbonyl (C=O) groups excluding carboxylic acids is 2. The van der Waals surface area contributed by atoms with Crippen LogP contribution in [0.4, 0.5) is 0 Å². The summed E-state index contributed by atoms with van der Waals surface area (Å²) in [5.74, 6) is 0.285. The molecule has 1 aromatic heterocycles. The summed E-state index contributed by atoms with van der Waals surface area (Å²) in [5, 5.41) is 4.57. The number of amides is 2. The molecule has 0 N–H and O–H groups in total. The van der Waals surface area contributed by atoms with Gasteiger partial charge in [-0.15, -0.1) is 0 Å². The van der Waals surface area contributed by atoms with E-state index in [0.717, 1.165) is 43.7 Å². The normalized spacial score (nSPS) is 21.8. The van der Waals surface area contributed by atoms with Crippen molar-refractivity contribution in [1.29, 1.82) is 0 Å². The summed E-state index contributed by atoms with van der Waals surface area (Å²) in [6, 6.07) is 2.36. The quantitative estimate of drug-likeness (QED) is 0.819. The second-order valence-corrected chi connectivity index (χ2v) is 7.19. The van der Waals surface area contributed by atoms with Gasteiger partial charge in [0.2, 0.25) is 11.8 Å². The van der Waals surface area contributed by atoms with Crippen molar-refractivity contribution in [3.8, 4) is 0 Å². The highest BCUT2D eigenvalue weighted by Gasteiger charge is 2.34. The number of piperidine rings is 1. The van der Waals surface area contributed by atoms with E-state index in [1.165, 1.54) is 7.11 Å². The van der Waals surface area contributed by atoms with Gasteiger partial charge in [-0.05, 0) is 39.2 Å². The van der Waals surface area contributed by atoms with Crippen LogP contribution in [0.3, 0.4) is 0 Å². The second kappa shape index (κ2) is 7.56. The van der Waals surface area contributed by atoms with Crippen molar-refractivity contribution >= 4 is 11.8 Å². The lowest BCUT2D eigenvalue weighted by Gasteiger charge is -2.33. The number of aromatic nitrogens is 2. The number of hydrogen-bond acceptors (Lipinski definition) is 4. The number of carbonyl (C=O) groups is 2. The summed E-state index contributed by atoms with van der Waals surface area (Å²) in [5.41, 5.74) is 2.18. The minimum Gasteiger partial charge on any atom is -0.375 e. The molecule has 3 heterocycles. The Hall–Kier alpha value is -1.89. The van der Waals surface area contributed by atoms with Crippen molar-refractivity contribution in [2.75, 3.05) is 39.9 Å². The maximum Gasteiger partial charge on any atom is 0.248 e. The van der Waals surface area contributed by atoms with E-state index in [-0.39, 0.29) is 30.4 Å². The van der Waals surface area contributed by atoms with Crippen LogP contribution in [0.15, 0.2) is 6.07 Å². The third-order valence-electron chi connectivity index (χ3n) is 5.33. The molecule has 138 valence electrons. The first-order valence-corrected chi connectivity index (χ1v) is 9.08. The average Bonchev–Trinajstić information content (AvgIpc) is 3.21. The number of hydrogen-bond donors (Lipinski definition) is 0. The molecule has 2 aliphatic rings. The van der Waals surface area contributed by atoms with E-state index < -0.39 is 0 Å². The van der Waals surface area contributed by atoms with Crippen LogP contribution in [0.25, 0.3) is 0 Å². The molecule has 0 bridgehead atoms. The summed E-state index contributed by atoms with van der Waals surface area (Å²) >= 11 is 0. The van der Waals surface area contributed by atoms with Crippen molar-refractivity contribution in [3.63, 3.8) is 0 Å². The summed E-state index contributed by atoms with van der Waals surface area (Å²) in [6.45, 7) is 7.02. The van der Waals surface area contributed by atoms with Crippen LogP contribution < -0.4 is 0 Å². The van der Waals surface area contributed by atoms with Gasteiger partial charge in [-0.1, -0.05) is 0 Å². The predicted molar refractivity (Wildman–Crippen MR) is 93.1 cm³/mol. The molecule has 0 aliphatic carbocycles. The summed E-state index contributed by atoms with van der Waals surface area (Å²) < 4.78 is 6.97. The molecule has 7 heteroatoms. The van der Waals surface area contributed by atoms with Gasteiger partial charge >= 0.3 is 0 Å². The zero-order valence-electron chi connectivity index (χ0n) is 15.4. The fourth-order valence-corrected chi connectivity index (χ4v) is 4.01. The first kappa shape index (κ1) is 17.9. The maximum atomic E-state index is 12.8. The molecule has 25 heavy (non-hydrogen) atoms. The molecular weight excluding hydrogens is 320 g/mol. The molecular formula is C18H28N4O3. The monoisotopic (exact) mass is 348 g/mol. The van der Waals surface area contributed by atoms with Gasteiger partial charge in [0.05, 0.1) is 11.7 Å². The smallest absolute Gasteiger partial charge is 0.248 e. The van der Waals surface area contributed by atoms with E-state index in [9.17, 15) is 9.59 Å². The molecule has 2 saturated heterocycles. The highest BCUT2D eigenvalue weighted by atomic mass is 16.5. The molecule has 2 aliphatic heterocycles. The zero-order valence-corrected chi connectivity index (χ0v) is 15.4. The highest BCUT2D eigenvalue weighted by molar-refractivity contribution is 5.80. The lowest BCUT2D eigenvalue weighted by molar-refractivity contribution is -0.141. The molecule has 2 amide bonds. The topological polar surface area (TPSA) is 67.7 Å². The van der Waals surface area contributed by atoms with Crippen LogP contribution in [0.2, 0.25) is 0 Å². The average molecular weight is 348 g/mol. The molecule has 0 saturated carbocycles. The van der Waals surface area contributed by atoms with Gasteiger partial charge in [-0.25, -0.2) is 0 Å². The molecule has 1 atom stereocenters. The number of likely N-dealkylation sites (tertiary alicyclic amines) is 2. The van der Waals surface area contributed by atoms with Crippen molar-refractivity contribution in [3.05, 3.63) is 17.5 Å². The minimum atomic E-state index is 0.0131. The summed E-state index contributed by atoms with van der Waals surface area (Å²) in [7, 11) is 1.53. The first-order chi connectivity index (χ1) is 12.0. The van der Waals surface area contributed by atoms with Gasteiger partial charge < -0.3 is 14.5 Å². The molecule has 7 nitrogen and oxygen atoms in total. The van der Waals surface area contributed by atoms with Crippen molar-refractivity contribution in [1.82, 2.24) is 19.6 Å². The summed E-state index contributed by atoms with van der Waals surface area (Å²) in [4.78, 5) is 28.5. The van der Waals surface area contributed by atoms with Gasteiger partial charge in [-0.3, -0.25) is 14.3 Å². The third-order valence-corrected chi connectivity index (χ3v) is 5.33. The van der Waals surface area contributed by atoms with E-state index in [4.69, 9.17) is 4.74 Å². The van der Waals surface area contributed by atoms with E-state index in [0.29, 0.717) is 13.1 Å². The minimum absolute atomic E-state index is 0.0131. The number of ether oxygens (including phenoxy) is 1. The lowest BCUT2D eigenvalue weighted by Crippen LogP contribution is -2.44. The SMILES string of the molecule is COCC(=O)N1CCC(C(=O)N2CC[C@@H](n3nc(C)cc3C)C2)CC1. The van der Waals surface area contributed by atoms with Crippen LogP contribution in [-0.4, -0.2) is 71.3 Å². The standard InChI is InChI=1S/C18H28N4O3/c1-13-10-14(2)22(19-13)16-6-9-21(11-16)18(24)15-4-7-20(8-5-15)17(23)12-25-3/h10,15-16H,4-9,11-12H2,1-3H3/t16-/m1/s1. The largest absolute Gasteiger partial charge is 0.375 e. The number of aryl methyl sites for hydroxylation is 2. The molecule has 1 aromatic rings. The van der Waals surface area contributed by atoms with Crippen LogP contribution in [0.5, 0.6) is 0 Å². The van der Waals surface area contributed by atoms with E-state index in [1.54, 1.807) is 4.90 Å². The van der Waals surface area contributed by atoms with Crippen LogP contribution in [0, 0.1) is 19.8 Å². The molecule has 0 aromatic carbocycles. The van der Waals surface area contributed by atoms with Crippen LogP contribution in [0.1, 0.15) is 36.7 Å². The lowest BCUT2D eigenvalue weighted by atomic mass is 9.95. The molecule has 0 spiro atoms. The number of methoxy groups -OCH3 is 1. The first-order valence-electron chi connectivity index (χ1n) is 9.08. The van der Waals surface area contributed by atoms with Crippen molar-refractivity contribution in [2.45, 2.75) is 39.2 Å². The van der Waals surface area contributed by atoms with Crippen molar-refractivity contribution < 1.29 is 14.3 Å². The summed E-state index contributed by atoms with van der Waals surface area (Å²) in [6.07, 6.45) is 2.45. The Balaban J connectivity index is 1.53. The number of nitrogens with zero attached hydrogens (tertiary/aromatic N) is 4. The van der Waals surface area contributed by atoms with Gasteiger partial charge in [-0.2, -0.15) is 5.10 Å². The Kier molecular flexibility index (Phi) is 5.42. The van der Waals surface area contributed by atoms with Gasteiger partial charge in [0.15, 0.2) is 0 Å². The van der Waals surface area contributed by atoms with E-state index in [2.05, 4.69) is 22.8 Å². The molecule has 2 fully saturated rings. The molecule has 0 radical (unpaired) electrons. The van der Waals surface area contributed by atoms with Crippen LogP contribution >= 0.6 is 0 Å². The molecule has 0 unspecified atom stereocenters. The van der Waals surface area contributed by atoms with Crippen LogP contribution in [-0.2, 0) is 14.3 Å². The molecule has 3 rings (SSSR count). The fourth-order valence-electron chi connectivity index (χ4n) is 4.01. The Morgan fingerprint density at radius 3 is 2.44 bits per heavy atom. The predicted octanol–water partition coefficient (Wildman–Crippen LogP) is 1.16. The fraction of sp³-hybridized carbons (Fsp3) is 0.722. The van der Waals surface area contributed by atoms with E-state index in [1.807, 2.05) is 11.8 Å². The maximum absolute atomic E-state index is 12.8.